The zero-order valence-electron chi connectivity index (χ0n) is 11.8. The van der Waals surface area contributed by atoms with Gasteiger partial charge >= 0.3 is 0 Å². The van der Waals surface area contributed by atoms with Crippen LogP contribution in [-0.2, 0) is 4.79 Å². The number of anilines is 1. The predicted octanol–water partition coefficient (Wildman–Crippen LogP) is 3.73. The van der Waals surface area contributed by atoms with E-state index in [1.807, 2.05) is 11.0 Å². The third-order valence-corrected chi connectivity index (χ3v) is 4.17. The molecule has 3 nitrogen and oxygen atoms in total. The Morgan fingerprint density at radius 1 is 1.35 bits per heavy atom. The van der Waals surface area contributed by atoms with E-state index in [-0.39, 0.29) is 11.9 Å². The Morgan fingerprint density at radius 2 is 2.10 bits per heavy atom. The average Bonchev–Trinajstić information content (AvgIpc) is 2.56. The number of hydrogen-bond acceptors (Lipinski definition) is 2. The van der Waals surface area contributed by atoms with Gasteiger partial charge in [-0.2, -0.15) is 0 Å². The molecule has 1 saturated heterocycles. The van der Waals surface area contributed by atoms with Crippen molar-refractivity contribution in [2.45, 2.75) is 32.7 Å². The summed E-state index contributed by atoms with van der Waals surface area (Å²) in [7, 11) is 0. The first-order valence-electron chi connectivity index (χ1n) is 6.99. The van der Waals surface area contributed by atoms with Gasteiger partial charge in [-0.05, 0) is 43.5 Å². The van der Waals surface area contributed by atoms with E-state index < -0.39 is 0 Å². The summed E-state index contributed by atoms with van der Waals surface area (Å²) in [4.78, 5) is 14.5. The van der Waals surface area contributed by atoms with Crippen molar-refractivity contribution in [3.63, 3.8) is 0 Å². The van der Waals surface area contributed by atoms with Crippen molar-refractivity contribution in [1.29, 1.82) is 0 Å². The highest BCUT2D eigenvalue weighted by Gasteiger charge is 2.28. The maximum atomic E-state index is 12.7. The summed E-state index contributed by atoms with van der Waals surface area (Å²) < 4.78 is 0. The van der Waals surface area contributed by atoms with Crippen LogP contribution in [0.2, 0.25) is 10.0 Å². The Labute approximate surface area is 130 Å². The monoisotopic (exact) mass is 314 g/mol. The summed E-state index contributed by atoms with van der Waals surface area (Å²) in [6.45, 7) is 5.83. The second-order valence-electron chi connectivity index (χ2n) is 5.58. The van der Waals surface area contributed by atoms with Crippen LogP contribution in [0.3, 0.4) is 0 Å². The highest BCUT2D eigenvalue weighted by Crippen LogP contribution is 2.28. The van der Waals surface area contributed by atoms with E-state index in [0.717, 1.165) is 25.1 Å². The lowest BCUT2D eigenvalue weighted by Crippen LogP contribution is -2.44. The van der Waals surface area contributed by atoms with Crippen molar-refractivity contribution in [3.05, 3.63) is 28.2 Å². The number of amides is 1. The standard InChI is InChI=1S/C15H20Cl2N2O/c1-10(2)8-14-15(20)19(7-3-6-18-14)11-4-5-12(16)13(17)9-11/h4-5,9-10,14,18H,3,6-8H2,1-2H3. The molecule has 1 atom stereocenters. The molecule has 1 aliphatic heterocycles. The summed E-state index contributed by atoms with van der Waals surface area (Å²) in [5, 5.41) is 4.33. The minimum absolute atomic E-state index is 0.119. The SMILES string of the molecule is CC(C)CC1NCCCN(c2ccc(Cl)c(Cl)c2)C1=O. The van der Waals surface area contributed by atoms with Crippen LogP contribution in [0, 0.1) is 5.92 Å². The van der Waals surface area contributed by atoms with E-state index in [1.54, 1.807) is 12.1 Å². The molecule has 0 aliphatic carbocycles. The van der Waals surface area contributed by atoms with Crippen LogP contribution in [0.4, 0.5) is 5.69 Å². The lowest BCUT2D eigenvalue weighted by molar-refractivity contribution is -0.120. The Morgan fingerprint density at radius 3 is 2.75 bits per heavy atom. The molecule has 110 valence electrons. The topological polar surface area (TPSA) is 32.3 Å². The van der Waals surface area contributed by atoms with Crippen LogP contribution in [0.15, 0.2) is 18.2 Å². The van der Waals surface area contributed by atoms with Crippen LogP contribution < -0.4 is 10.2 Å². The highest BCUT2D eigenvalue weighted by atomic mass is 35.5. The van der Waals surface area contributed by atoms with Gasteiger partial charge in [0.15, 0.2) is 0 Å². The molecule has 1 aromatic rings. The normalized spacial score (nSPS) is 20.4. The van der Waals surface area contributed by atoms with Crippen LogP contribution in [0.5, 0.6) is 0 Å². The first-order chi connectivity index (χ1) is 9.49. The molecule has 1 N–H and O–H groups in total. The van der Waals surface area contributed by atoms with Crippen LogP contribution in [-0.4, -0.2) is 25.0 Å². The minimum atomic E-state index is -0.119. The van der Waals surface area contributed by atoms with E-state index in [4.69, 9.17) is 23.2 Å². The van der Waals surface area contributed by atoms with Crippen molar-refractivity contribution < 1.29 is 4.79 Å². The first kappa shape index (κ1) is 15.6. The Balaban J connectivity index is 2.24. The number of rotatable bonds is 3. The fraction of sp³-hybridized carbons (Fsp3) is 0.533. The summed E-state index contributed by atoms with van der Waals surface area (Å²) in [6, 6.07) is 5.23. The first-order valence-corrected chi connectivity index (χ1v) is 7.74. The van der Waals surface area contributed by atoms with Crippen molar-refractivity contribution in [2.24, 2.45) is 5.92 Å². The maximum Gasteiger partial charge on any atom is 0.244 e. The zero-order chi connectivity index (χ0) is 14.7. The van der Waals surface area contributed by atoms with E-state index in [9.17, 15) is 4.79 Å². The lowest BCUT2D eigenvalue weighted by atomic mass is 10.0. The van der Waals surface area contributed by atoms with Crippen LogP contribution in [0.25, 0.3) is 0 Å². The number of carbonyl (C=O) groups is 1. The summed E-state index contributed by atoms with van der Waals surface area (Å²) in [5.74, 6) is 0.597. The van der Waals surface area contributed by atoms with Crippen molar-refractivity contribution in [1.82, 2.24) is 5.32 Å². The molecule has 1 unspecified atom stereocenters. The smallest absolute Gasteiger partial charge is 0.244 e. The molecule has 1 heterocycles. The Bertz CT molecular complexity index is 491. The molecule has 1 aliphatic rings. The average molecular weight is 315 g/mol. The van der Waals surface area contributed by atoms with E-state index in [2.05, 4.69) is 19.2 Å². The van der Waals surface area contributed by atoms with Gasteiger partial charge in [0.25, 0.3) is 0 Å². The van der Waals surface area contributed by atoms with E-state index in [0.29, 0.717) is 22.5 Å². The van der Waals surface area contributed by atoms with Gasteiger partial charge in [0, 0.05) is 12.2 Å². The molecule has 1 amide bonds. The second-order valence-corrected chi connectivity index (χ2v) is 6.39. The number of nitrogens with one attached hydrogen (secondary N) is 1. The summed E-state index contributed by atoms with van der Waals surface area (Å²) in [6.07, 6.45) is 1.78. The quantitative estimate of drug-likeness (QED) is 0.922. The summed E-state index contributed by atoms with van der Waals surface area (Å²) >= 11 is 12.0. The third kappa shape index (κ3) is 3.66. The number of hydrogen-bond donors (Lipinski definition) is 1. The molecule has 0 radical (unpaired) electrons. The summed E-state index contributed by atoms with van der Waals surface area (Å²) in [5.41, 5.74) is 0.821. The second kappa shape index (κ2) is 6.79. The van der Waals surface area contributed by atoms with Gasteiger partial charge in [0.1, 0.15) is 0 Å². The van der Waals surface area contributed by atoms with Gasteiger partial charge in [0.05, 0.1) is 16.1 Å². The van der Waals surface area contributed by atoms with E-state index in [1.165, 1.54) is 0 Å². The van der Waals surface area contributed by atoms with Crippen LogP contribution >= 0.6 is 23.2 Å². The van der Waals surface area contributed by atoms with Gasteiger partial charge in [-0.25, -0.2) is 0 Å². The minimum Gasteiger partial charge on any atom is -0.311 e. The van der Waals surface area contributed by atoms with Crippen LogP contribution in [0.1, 0.15) is 26.7 Å². The Hall–Kier alpha value is -0.770. The fourth-order valence-electron chi connectivity index (χ4n) is 2.46. The lowest BCUT2D eigenvalue weighted by Gasteiger charge is -2.25. The van der Waals surface area contributed by atoms with Crippen molar-refractivity contribution in [3.8, 4) is 0 Å². The Kier molecular flexibility index (Phi) is 5.30. The maximum absolute atomic E-state index is 12.7. The molecule has 5 heteroatoms. The molecule has 20 heavy (non-hydrogen) atoms. The highest BCUT2D eigenvalue weighted by molar-refractivity contribution is 6.42. The molecule has 0 saturated carbocycles. The predicted molar refractivity (Wildman–Crippen MR) is 84.7 cm³/mol. The molecular formula is C15H20Cl2N2O. The molecule has 0 spiro atoms. The molecule has 2 rings (SSSR count). The largest absolute Gasteiger partial charge is 0.311 e. The number of nitrogens with zero attached hydrogens (tertiary/aromatic N) is 1. The molecule has 0 bridgehead atoms. The molecule has 1 fully saturated rings. The van der Waals surface area contributed by atoms with Gasteiger partial charge in [-0.3, -0.25) is 4.79 Å². The number of benzene rings is 1. The molecule has 1 aromatic carbocycles. The van der Waals surface area contributed by atoms with Gasteiger partial charge in [0.2, 0.25) is 5.91 Å². The number of carbonyl (C=O) groups excluding carboxylic acids is 1. The van der Waals surface area contributed by atoms with Gasteiger partial charge < -0.3 is 10.2 Å². The zero-order valence-corrected chi connectivity index (χ0v) is 13.3. The fourth-order valence-corrected chi connectivity index (χ4v) is 2.76. The third-order valence-electron chi connectivity index (χ3n) is 3.44. The van der Waals surface area contributed by atoms with Crippen molar-refractivity contribution in [2.75, 3.05) is 18.0 Å². The number of halogens is 2. The van der Waals surface area contributed by atoms with E-state index >= 15 is 0 Å². The van der Waals surface area contributed by atoms with Gasteiger partial charge in [-0.1, -0.05) is 37.0 Å². The van der Waals surface area contributed by atoms with Gasteiger partial charge in [-0.15, -0.1) is 0 Å². The molecular weight excluding hydrogens is 295 g/mol. The molecule has 0 aromatic heterocycles. The van der Waals surface area contributed by atoms with Crippen molar-refractivity contribution >= 4 is 34.8 Å².